The predicted octanol–water partition coefficient (Wildman–Crippen LogP) is 0.446. The summed E-state index contributed by atoms with van der Waals surface area (Å²) in [5.74, 6) is 1.06. The van der Waals surface area contributed by atoms with Crippen molar-refractivity contribution in [2.75, 3.05) is 19.6 Å². The van der Waals surface area contributed by atoms with Gasteiger partial charge in [0.2, 0.25) is 0 Å². The highest BCUT2D eigenvalue weighted by atomic mass is 35.5. The number of halogens is 1. The van der Waals surface area contributed by atoms with Gasteiger partial charge in [0.1, 0.15) is 0 Å². The summed E-state index contributed by atoms with van der Waals surface area (Å²) in [7, 11) is 0. The van der Waals surface area contributed by atoms with Crippen LogP contribution in [0.4, 0.5) is 0 Å². The third-order valence-corrected chi connectivity index (χ3v) is 4.31. The van der Waals surface area contributed by atoms with Crippen LogP contribution >= 0.6 is 0 Å². The Bertz CT molecular complexity index is 172. The van der Waals surface area contributed by atoms with Crippen LogP contribution in [-0.2, 0) is 0 Å². The number of unbranched alkanes of at least 4 members (excludes halogenated alkanes) is 6. The van der Waals surface area contributed by atoms with Gasteiger partial charge in [-0.15, -0.1) is 0 Å². The summed E-state index contributed by atoms with van der Waals surface area (Å²) < 4.78 is 0. The molecule has 0 spiro atoms. The highest BCUT2D eigenvalue weighted by molar-refractivity contribution is 4.61. The van der Waals surface area contributed by atoms with Crippen LogP contribution in [0.15, 0.2) is 0 Å². The second-order valence-electron chi connectivity index (χ2n) is 6.02. The summed E-state index contributed by atoms with van der Waals surface area (Å²) >= 11 is 0. The van der Waals surface area contributed by atoms with Crippen molar-refractivity contribution in [3.05, 3.63) is 0 Å². The molecule has 0 aliphatic carbocycles. The van der Waals surface area contributed by atoms with E-state index >= 15 is 0 Å². The summed E-state index contributed by atoms with van der Waals surface area (Å²) in [6.07, 6.45) is 14.5. The number of rotatable bonds is 10. The molecule has 1 aliphatic rings. The highest BCUT2D eigenvalue weighted by Crippen LogP contribution is 2.11. The van der Waals surface area contributed by atoms with Crippen molar-refractivity contribution in [3.8, 4) is 0 Å². The van der Waals surface area contributed by atoms with Crippen LogP contribution in [0.1, 0.15) is 78.1 Å². The third kappa shape index (κ3) is 8.37. The molecule has 1 N–H and O–H groups in total. The van der Waals surface area contributed by atoms with Crippen LogP contribution in [0.5, 0.6) is 0 Å². The van der Waals surface area contributed by atoms with Crippen molar-refractivity contribution < 1.29 is 17.3 Å². The number of quaternary nitrogens is 1. The first-order chi connectivity index (χ1) is 8.36. The average Bonchev–Trinajstić information content (AvgIpc) is 2.76. The molecule has 0 saturated carbocycles. The van der Waals surface area contributed by atoms with Gasteiger partial charge in [-0.1, -0.05) is 52.4 Å². The van der Waals surface area contributed by atoms with E-state index < -0.39 is 0 Å². The molecule has 1 nitrogen and oxygen atoms in total. The zero-order chi connectivity index (χ0) is 12.3. The lowest BCUT2D eigenvalue weighted by Gasteiger charge is -2.13. The lowest BCUT2D eigenvalue weighted by atomic mass is 10.0. The predicted molar refractivity (Wildman–Crippen MR) is 76.6 cm³/mol. The van der Waals surface area contributed by atoms with Crippen LogP contribution in [0.2, 0.25) is 0 Å². The fourth-order valence-electron chi connectivity index (χ4n) is 3.23. The summed E-state index contributed by atoms with van der Waals surface area (Å²) in [6, 6.07) is 0. The van der Waals surface area contributed by atoms with E-state index in [0.29, 0.717) is 0 Å². The Balaban J connectivity index is 0.00000289. The molecule has 1 heterocycles. The summed E-state index contributed by atoms with van der Waals surface area (Å²) in [6.45, 7) is 9.01. The van der Waals surface area contributed by atoms with Gasteiger partial charge in [-0.25, -0.2) is 0 Å². The van der Waals surface area contributed by atoms with E-state index in [1.165, 1.54) is 83.8 Å². The first-order valence-electron chi connectivity index (χ1n) is 8.20. The molecule has 1 aliphatic heterocycles. The third-order valence-electron chi connectivity index (χ3n) is 4.31. The van der Waals surface area contributed by atoms with Crippen LogP contribution < -0.4 is 17.3 Å². The lowest BCUT2D eigenvalue weighted by molar-refractivity contribution is -0.889. The monoisotopic (exact) mass is 275 g/mol. The molecule has 0 aromatic carbocycles. The Morgan fingerprint density at radius 1 is 0.889 bits per heavy atom. The standard InChI is InChI=1S/C16H33N.ClH/c1-3-5-6-7-8-9-10-13-17-14-12-16(15-17)11-4-2;/h16H,3-15H2,1-2H3;1H. The van der Waals surface area contributed by atoms with E-state index in [1.54, 1.807) is 0 Å². The van der Waals surface area contributed by atoms with Crippen LogP contribution in [0, 0.1) is 5.92 Å². The van der Waals surface area contributed by atoms with Crippen molar-refractivity contribution in [2.45, 2.75) is 78.1 Å². The molecule has 18 heavy (non-hydrogen) atoms. The maximum atomic E-state index is 2.33. The Labute approximate surface area is 121 Å². The average molecular weight is 276 g/mol. The first-order valence-corrected chi connectivity index (χ1v) is 8.20. The van der Waals surface area contributed by atoms with Gasteiger partial charge in [0.25, 0.3) is 0 Å². The minimum Gasteiger partial charge on any atom is -1.00 e. The zero-order valence-electron chi connectivity index (χ0n) is 12.6. The summed E-state index contributed by atoms with van der Waals surface area (Å²) in [5, 5.41) is 0. The van der Waals surface area contributed by atoms with E-state index in [0.717, 1.165) is 5.92 Å². The molecule has 2 unspecified atom stereocenters. The van der Waals surface area contributed by atoms with Gasteiger partial charge in [0.05, 0.1) is 19.6 Å². The number of nitrogens with one attached hydrogen (secondary N) is 1. The zero-order valence-corrected chi connectivity index (χ0v) is 13.4. The van der Waals surface area contributed by atoms with E-state index in [-0.39, 0.29) is 12.4 Å². The van der Waals surface area contributed by atoms with Crippen molar-refractivity contribution >= 4 is 0 Å². The van der Waals surface area contributed by atoms with Crippen LogP contribution in [0.3, 0.4) is 0 Å². The van der Waals surface area contributed by atoms with Gasteiger partial charge in [0.15, 0.2) is 0 Å². The van der Waals surface area contributed by atoms with Crippen molar-refractivity contribution in [2.24, 2.45) is 5.92 Å². The van der Waals surface area contributed by atoms with Gasteiger partial charge in [-0.3, -0.25) is 0 Å². The Kier molecular flexibility index (Phi) is 12.5. The minimum absolute atomic E-state index is 0. The minimum atomic E-state index is 0. The molecule has 2 heteroatoms. The molecule has 1 fully saturated rings. The summed E-state index contributed by atoms with van der Waals surface area (Å²) in [5.41, 5.74) is 0. The Morgan fingerprint density at radius 3 is 2.22 bits per heavy atom. The molecule has 0 amide bonds. The number of hydrogen-bond donors (Lipinski definition) is 1. The van der Waals surface area contributed by atoms with E-state index in [1.807, 2.05) is 4.90 Å². The van der Waals surface area contributed by atoms with E-state index in [4.69, 9.17) is 0 Å². The lowest BCUT2D eigenvalue weighted by Crippen LogP contribution is -3.10. The van der Waals surface area contributed by atoms with Gasteiger partial charge in [-0.05, 0) is 19.3 Å². The molecule has 2 atom stereocenters. The molecule has 1 saturated heterocycles. The number of hydrogen-bond acceptors (Lipinski definition) is 0. The fraction of sp³-hybridized carbons (Fsp3) is 1.00. The normalized spacial score (nSPS) is 23.0. The molecule has 0 aromatic heterocycles. The van der Waals surface area contributed by atoms with Crippen LogP contribution in [0.25, 0.3) is 0 Å². The summed E-state index contributed by atoms with van der Waals surface area (Å²) in [4.78, 5) is 1.90. The topological polar surface area (TPSA) is 4.44 Å². The fourth-order valence-corrected chi connectivity index (χ4v) is 3.23. The Hall–Kier alpha value is 0.250. The first kappa shape index (κ1) is 18.2. The largest absolute Gasteiger partial charge is 1.00 e. The molecule has 0 radical (unpaired) electrons. The van der Waals surface area contributed by atoms with Crippen molar-refractivity contribution in [1.82, 2.24) is 0 Å². The highest BCUT2D eigenvalue weighted by Gasteiger charge is 2.24. The molecule has 110 valence electrons. The molecule has 0 bridgehead atoms. The molecule has 0 aromatic rings. The van der Waals surface area contributed by atoms with Crippen molar-refractivity contribution in [1.29, 1.82) is 0 Å². The second-order valence-corrected chi connectivity index (χ2v) is 6.02. The van der Waals surface area contributed by atoms with Crippen molar-refractivity contribution in [3.63, 3.8) is 0 Å². The van der Waals surface area contributed by atoms with E-state index in [2.05, 4.69) is 13.8 Å². The SMILES string of the molecule is CCCCCCCCC[NH+]1CCC(CCC)C1.[Cl-]. The van der Waals surface area contributed by atoms with Crippen LogP contribution in [-0.4, -0.2) is 19.6 Å². The smallest absolute Gasteiger partial charge is 0.0801 e. The van der Waals surface area contributed by atoms with Gasteiger partial charge in [0, 0.05) is 12.3 Å². The maximum absolute atomic E-state index is 2.33. The van der Waals surface area contributed by atoms with Gasteiger partial charge in [-0.2, -0.15) is 0 Å². The molecule has 1 rings (SSSR count). The molecular formula is C16H34ClN. The van der Waals surface area contributed by atoms with Gasteiger partial charge >= 0.3 is 0 Å². The van der Waals surface area contributed by atoms with E-state index in [9.17, 15) is 0 Å². The Morgan fingerprint density at radius 2 is 1.56 bits per heavy atom. The maximum Gasteiger partial charge on any atom is 0.0801 e. The second kappa shape index (κ2) is 12.3. The molecular weight excluding hydrogens is 242 g/mol. The number of likely N-dealkylation sites (tertiary alicyclic amines) is 1. The quantitative estimate of drug-likeness (QED) is 0.552. The van der Waals surface area contributed by atoms with Gasteiger partial charge < -0.3 is 17.3 Å².